The van der Waals surface area contributed by atoms with Gasteiger partial charge < -0.3 is 10.4 Å². The average Bonchev–Trinajstić information content (AvgIpc) is 2.40. The lowest BCUT2D eigenvalue weighted by atomic mass is 10.2. The molecule has 0 atom stereocenters. The van der Waals surface area contributed by atoms with Crippen molar-refractivity contribution in [2.75, 3.05) is 11.9 Å². The van der Waals surface area contributed by atoms with Gasteiger partial charge in [-0.15, -0.1) is 0 Å². The molecular weight excluding hydrogens is 232 g/mol. The van der Waals surface area contributed by atoms with E-state index in [0.717, 1.165) is 12.0 Å². The third-order valence-electron chi connectivity index (χ3n) is 2.32. The molecule has 0 aromatic carbocycles. The molecule has 0 saturated carbocycles. The Morgan fingerprint density at radius 1 is 1.22 bits per heavy atom. The van der Waals surface area contributed by atoms with Crippen molar-refractivity contribution in [2.45, 2.75) is 6.42 Å². The number of nitrogens with one attached hydrogen (secondary N) is 1. The number of hydrogen-bond acceptors (Lipinski definition) is 5. The molecular formula is C12H12N4O2. The Morgan fingerprint density at radius 3 is 2.72 bits per heavy atom. The van der Waals surface area contributed by atoms with Gasteiger partial charge in [0.05, 0.1) is 0 Å². The van der Waals surface area contributed by atoms with Crippen molar-refractivity contribution in [2.24, 2.45) is 0 Å². The van der Waals surface area contributed by atoms with Crippen LogP contribution in [-0.4, -0.2) is 32.6 Å². The summed E-state index contributed by atoms with van der Waals surface area (Å²) in [6, 6.07) is 5.51. The Kier molecular flexibility index (Phi) is 3.80. The average molecular weight is 244 g/mol. The van der Waals surface area contributed by atoms with E-state index < -0.39 is 5.97 Å². The quantitative estimate of drug-likeness (QED) is 0.822. The second kappa shape index (κ2) is 5.72. The number of anilines is 1. The van der Waals surface area contributed by atoms with Gasteiger partial charge in [0.15, 0.2) is 0 Å². The third kappa shape index (κ3) is 3.24. The number of carbonyl (C=O) groups is 1. The van der Waals surface area contributed by atoms with E-state index in [9.17, 15) is 4.79 Å². The summed E-state index contributed by atoms with van der Waals surface area (Å²) in [5, 5.41) is 11.8. The Morgan fingerprint density at radius 2 is 2.00 bits per heavy atom. The SMILES string of the molecule is O=C(O)c1nccc(NCCc2ccncc2)n1. The molecule has 0 spiro atoms. The van der Waals surface area contributed by atoms with Gasteiger partial charge in [-0.3, -0.25) is 4.98 Å². The van der Waals surface area contributed by atoms with Crippen molar-refractivity contribution in [1.82, 2.24) is 15.0 Å². The number of pyridine rings is 1. The number of carboxylic acid groups (broad SMARTS) is 1. The molecule has 0 aliphatic rings. The number of aromatic carboxylic acids is 1. The molecule has 0 aliphatic carbocycles. The fourth-order valence-corrected chi connectivity index (χ4v) is 1.44. The van der Waals surface area contributed by atoms with E-state index in [1.54, 1.807) is 18.5 Å². The largest absolute Gasteiger partial charge is 0.475 e. The van der Waals surface area contributed by atoms with Crippen LogP contribution in [0.15, 0.2) is 36.8 Å². The molecule has 0 amide bonds. The first kappa shape index (κ1) is 12.0. The van der Waals surface area contributed by atoms with Crippen LogP contribution in [0.25, 0.3) is 0 Å². The smallest absolute Gasteiger partial charge is 0.374 e. The van der Waals surface area contributed by atoms with Gasteiger partial charge in [0.25, 0.3) is 0 Å². The molecule has 2 aromatic rings. The van der Waals surface area contributed by atoms with E-state index in [-0.39, 0.29) is 5.82 Å². The summed E-state index contributed by atoms with van der Waals surface area (Å²) in [6.45, 7) is 0.667. The van der Waals surface area contributed by atoms with Crippen LogP contribution in [0.5, 0.6) is 0 Å². The molecule has 6 nitrogen and oxygen atoms in total. The minimum absolute atomic E-state index is 0.205. The first-order chi connectivity index (χ1) is 8.75. The predicted octanol–water partition coefficient (Wildman–Crippen LogP) is 1.22. The topological polar surface area (TPSA) is 88.0 Å². The zero-order valence-electron chi connectivity index (χ0n) is 9.58. The lowest BCUT2D eigenvalue weighted by Gasteiger charge is -2.05. The highest BCUT2D eigenvalue weighted by Crippen LogP contribution is 2.03. The molecule has 6 heteroatoms. The van der Waals surface area contributed by atoms with Crippen molar-refractivity contribution >= 4 is 11.8 Å². The minimum Gasteiger partial charge on any atom is -0.475 e. The molecule has 0 unspecified atom stereocenters. The Hall–Kier alpha value is -2.50. The van der Waals surface area contributed by atoms with Crippen LogP contribution >= 0.6 is 0 Å². The number of hydrogen-bond donors (Lipinski definition) is 2. The number of rotatable bonds is 5. The van der Waals surface area contributed by atoms with Crippen molar-refractivity contribution < 1.29 is 9.90 Å². The molecule has 2 N–H and O–H groups in total. The van der Waals surface area contributed by atoms with E-state index in [1.165, 1.54) is 6.20 Å². The third-order valence-corrected chi connectivity index (χ3v) is 2.32. The second-order valence-electron chi connectivity index (χ2n) is 3.60. The summed E-state index contributed by atoms with van der Waals surface area (Å²) >= 11 is 0. The standard InChI is InChI=1S/C12H12N4O2/c17-12(18)11-15-8-4-10(16-11)14-7-3-9-1-5-13-6-2-9/h1-2,4-6,8H,3,7H2,(H,17,18)(H,14,15,16). The molecule has 0 fully saturated rings. The Balaban J connectivity index is 1.90. The van der Waals surface area contributed by atoms with Crippen molar-refractivity contribution in [3.05, 3.63) is 48.2 Å². The lowest BCUT2D eigenvalue weighted by Crippen LogP contribution is -2.10. The highest BCUT2D eigenvalue weighted by Gasteiger charge is 2.06. The maximum Gasteiger partial charge on any atom is 0.374 e. The number of aromatic nitrogens is 3. The highest BCUT2D eigenvalue weighted by atomic mass is 16.4. The van der Waals surface area contributed by atoms with Crippen LogP contribution < -0.4 is 5.32 Å². The first-order valence-electron chi connectivity index (χ1n) is 5.45. The van der Waals surface area contributed by atoms with Crippen LogP contribution in [0.2, 0.25) is 0 Å². The van der Waals surface area contributed by atoms with Gasteiger partial charge in [-0.05, 0) is 30.2 Å². The van der Waals surface area contributed by atoms with Crippen LogP contribution in [-0.2, 0) is 6.42 Å². The Labute approximate surface area is 104 Å². The maximum absolute atomic E-state index is 10.7. The summed E-state index contributed by atoms with van der Waals surface area (Å²) in [5.74, 6) is -0.826. The molecule has 2 rings (SSSR count). The minimum atomic E-state index is -1.13. The van der Waals surface area contributed by atoms with Crippen molar-refractivity contribution in [1.29, 1.82) is 0 Å². The monoisotopic (exact) mass is 244 g/mol. The first-order valence-corrected chi connectivity index (χ1v) is 5.45. The number of nitrogens with zero attached hydrogens (tertiary/aromatic N) is 3. The Bertz CT molecular complexity index is 531. The molecule has 2 heterocycles. The van der Waals surface area contributed by atoms with Gasteiger partial charge in [0, 0.05) is 25.1 Å². The van der Waals surface area contributed by atoms with E-state index >= 15 is 0 Å². The van der Waals surface area contributed by atoms with Gasteiger partial charge in [0.2, 0.25) is 5.82 Å². The molecule has 0 saturated heterocycles. The van der Waals surface area contributed by atoms with Crippen LogP contribution in [0.1, 0.15) is 16.2 Å². The summed E-state index contributed by atoms with van der Waals surface area (Å²) in [4.78, 5) is 22.1. The van der Waals surface area contributed by atoms with Gasteiger partial charge in [-0.1, -0.05) is 0 Å². The zero-order valence-corrected chi connectivity index (χ0v) is 9.58. The van der Waals surface area contributed by atoms with Gasteiger partial charge in [0.1, 0.15) is 5.82 Å². The van der Waals surface area contributed by atoms with Gasteiger partial charge in [-0.2, -0.15) is 0 Å². The molecule has 0 radical (unpaired) electrons. The van der Waals surface area contributed by atoms with Crippen LogP contribution in [0, 0.1) is 0 Å². The molecule has 92 valence electrons. The van der Waals surface area contributed by atoms with E-state index in [0.29, 0.717) is 12.4 Å². The lowest BCUT2D eigenvalue weighted by molar-refractivity contribution is 0.0683. The number of carboxylic acids is 1. The summed E-state index contributed by atoms with van der Waals surface area (Å²) in [7, 11) is 0. The van der Waals surface area contributed by atoms with E-state index in [2.05, 4.69) is 20.3 Å². The predicted molar refractivity (Wildman–Crippen MR) is 65.4 cm³/mol. The van der Waals surface area contributed by atoms with Crippen LogP contribution in [0.4, 0.5) is 5.82 Å². The zero-order chi connectivity index (χ0) is 12.8. The summed E-state index contributed by atoms with van der Waals surface area (Å²) < 4.78 is 0. The van der Waals surface area contributed by atoms with Gasteiger partial charge >= 0.3 is 5.97 Å². The fourth-order valence-electron chi connectivity index (χ4n) is 1.44. The highest BCUT2D eigenvalue weighted by molar-refractivity contribution is 5.83. The molecule has 0 aliphatic heterocycles. The fraction of sp³-hybridized carbons (Fsp3) is 0.167. The van der Waals surface area contributed by atoms with Crippen molar-refractivity contribution in [3.63, 3.8) is 0 Å². The van der Waals surface area contributed by atoms with Gasteiger partial charge in [-0.25, -0.2) is 14.8 Å². The van der Waals surface area contributed by atoms with E-state index in [1.807, 2.05) is 12.1 Å². The summed E-state index contributed by atoms with van der Waals surface area (Å²) in [5.41, 5.74) is 1.16. The van der Waals surface area contributed by atoms with E-state index in [4.69, 9.17) is 5.11 Å². The second-order valence-corrected chi connectivity index (χ2v) is 3.60. The summed E-state index contributed by atoms with van der Waals surface area (Å²) in [6.07, 6.45) is 5.71. The molecule has 18 heavy (non-hydrogen) atoms. The molecule has 2 aromatic heterocycles. The molecule has 0 bridgehead atoms. The maximum atomic E-state index is 10.7. The van der Waals surface area contributed by atoms with Crippen LogP contribution in [0.3, 0.4) is 0 Å². The normalized spacial score (nSPS) is 10.0. The van der Waals surface area contributed by atoms with Crippen molar-refractivity contribution in [3.8, 4) is 0 Å².